The van der Waals surface area contributed by atoms with Gasteiger partial charge in [0.2, 0.25) is 0 Å². The van der Waals surface area contributed by atoms with E-state index in [9.17, 15) is 13.2 Å². The van der Waals surface area contributed by atoms with Crippen LogP contribution in [0.2, 0.25) is 0 Å². The SMILES string of the molecule is Cc1ccc(C(=O)C2CCS(=O)(=O)C2)cn1. The number of rotatable bonds is 2. The van der Waals surface area contributed by atoms with Crippen molar-refractivity contribution in [2.75, 3.05) is 11.5 Å². The molecular formula is C11H13NO3S. The van der Waals surface area contributed by atoms with Crippen LogP contribution in [0.25, 0.3) is 0 Å². The Balaban J connectivity index is 2.18. The van der Waals surface area contributed by atoms with Gasteiger partial charge in [-0.2, -0.15) is 0 Å². The van der Waals surface area contributed by atoms with Gasteiger partial charge in [-0.3, -0.25) is 9.78 Å². The van der Waals surface area contributed by atoms with Crippen LogP contribution in [0.15, 0.2) is 18.3 Å². The summed E-state index contributed by atoms with van der Waals surface area (Å²) in [6.45, 7) is 1.84. The third kappa shape index (κ3) is 2.29. The molecule has 1 aromatic heterocycles. The Hall–Kier alpha value is -1.23. The van der Waals surface area contributed by atoms with Gasteiger partial charge in [0.1, 0.15) is 0 Å². The quantitative estimate of drug-likeness (QED) is 0.722. The van der Waals surface area contributed by atoms with Crippen molar-refractivity contribution in [1.29, 1.82) is 0 Å². The molecule has 1 aromatic rings. The molecule has 0 aromatic carbocycles. The van der Waals surface area contributed by atoms with E-state index in [0.717, 1.165) is 5.69 Å². The Labute approximate surface area is 94.6 Å². The second-order valence-electron chi connectivity index (χ2n) is 4.15. The number of Topliss-reactive ketones (excluding diaryl/α,β-unsaturated/α-hetero) is 1. The van der Waals surface area contributed by atoms with Crippen LogP contribution in [0, 0.1) is 12.8 Å². The molecule has 0 bridgehead atoms. The molecule has 0 N–H and O–H groups in total. The van der Waals surface area contributed by atoms with Crippen molar-refractivity contribution in [2.45, 2.75) is 13.3 Å². The summed E-state index contributed by atoms with van der Waals surface area (Å²) in [5, 5.41) is 0. The molecule has 1 aliphatic heterocycles. The lowest BCUT2D eigenvalue weighted by atomic mass is 9.98. The topological polar surface area (TPSA) is 64.1 Å². The van der Waals surface area contributed by atoms with E-state index in [1.54, 1.807) is 12.1 Å². The van der Waals surface area contributed by atoms with Gasteiger partial charge in [-0.1, -0.05) is 0 Å². The van der Waals surface area contributed by atoms with Crippen LogP contribution < -0.4 is 0 Å². The van der Waals surface area contributed by atoms with Crippen LogP contribution in [0.3, 0.4) is 0 Å². The smallest absolute Gasteiger partial charge is 0.168 e. The summed E-state index contributed by atoms with van der Waals surface area (Å²) >= 11 is 0. The third-order valence-corrected chi connectivity index (χ3v) is 4.57. The first-order valence-electron chi connectivity index (χ1n) is 5.15. The number of hydrogen-bond acceptors (Lipinski definition) is 4. The summed E-state index contributed by atoms with van der Waals surface area (Å²) < 4.78 is 22.5. The van der Waals surface area contributed by atoms with E-state index < -0.39 is 9.84 Å². The van der Waals surface area contributed by atoms with E-state index in [2.05, 4.69) is 4.98 Å². The molecule has 16 heavy (non-hydrogen) atoms. The fourth-order valence-electron chi connectivity index (χ4n) is 1.85. The molecule has 1 unspecified atom stereocenters. The number of pyridine rings is 1. The van der Waals surface area contributed by atoms with Crippen molar-refractivity contribution < 1.29 is 13.2 Å². The highest BCUT2D eigenvalue weighted by molar-refractivity contribution is 7.91. The molecule has 1 aliphatic rings. The molecule has 4 nitrogen and oxygen atoms in total. The standard InChI is InChI=1S/C11H13NO3S/c1-8-2-3-9(6-12-8)11(13)10-4-5-16(14,15)7-10/h2-3,6,10H,4-5,7H2,1H3. The molecule has 1 fully saturated rings. The zero-order chi connectivity index (χ0) is 11.8. The molecule has 0 saturated carbocycles. The Morgan fingerprint density at radius 1 is 1.44 bits per heavy atom. The first kappa shape index (κ1) is 11.3. The number of carbonyl (C=O) groups is 1. The number of nitrogens with zero attached hydrogens (tertiary/aromatic N) is 1. The maximum Gasteiger partial charge on any atom is 0.168 e. The van der Waals surface area contributed by atoms with Crippen molar-refractivity contribution in [3.05, 3.63) is 29.6 Å². The van der Waals surface area contributed by atoms with Gasteiger partial charge in [0.15, 0.2) is 15.6 Å². The Morgan fingerprint density at radius 2 is 2.19 bits per heavy atom. The van der Waals surface area contributed by atoms with Crippen molar-refractivity contribution >= 4 is 15.6 Å². The lowest BCUT2D eigenvalue weighted by molar-refractivity contribution is 0.0933. The van der Waals surface area contributed by atoms with Gasteiger partial charge >= 0.3 is 0 Å². The summed E-state index contributed by atoms with van der Waals surface area (Å²) in [4.78, 5) is 16.0. The minimum Gasteiger partial charge on any atom is -0.294 e. The van der Waals surface area contributed by atoms with Crippen LogP contribution in [-0.4, -0.2) is 30.7 Å². The summed E-state index contributed by atoms with van der Waals surface area (Å²) in [5.74, 6) is -0.370. The van der Waals surface area contributed by atoms with E-state index in [1.807, 2.05) is 6.92 Å². The summed E-state index contributed by atoms with van der Waals surface area (Å²) in [5.41, 5.74) is 1.35. The van der Waals surface area contributed by atoms with Gasteiger partial charge in [-0.15, -0.1) is 0 Å². The lowest BCUT2D eigenvalue weighted by Gasteiger charge is -2.06. The highest BCUT2D eigenvalue weighted by atomic mass is 32.2. The largest absolute Gasteiger partial charge is 0.294 e. The molecule has 1 atom stereocenters. The monoisotopic (exact) mass is 239 g/mol. The van der Waals surface area contributed by atoms with Crippen LogP contribution in [0.1, 0.15) is 22.5 Å². The van der Waals surface area contributed by atoms with Gasteiger partial charge in [0, 0.05) is 23.4 Å². The summed E-state index contributed by atoms with van der Waals surface area (Å²) in [6, 6.07) is 3.46. The maximum atomic E-state index is 11.9. The fourth-order valence-corrected chi connectivity index (χ4v) is 3.59. The average molecular weight is 239 g/mol. The second-order valence-corrected chi connectivity index (χ2v) is 6.38. The van der Waals surface area contributed by atoms with E-state index in [-0.39, 0.29) is 23.2 Å². The second kappa shape index (κ2) is 3.97. The Kier molecular flexibility index (Phi) is 2.80. The van der Waals surface area contributed by atoms with E-state index in [1.165, 1.54) is 6.20 Å². The minimum absolute atomic E-state index is 0.0142. The first-order chi connectivity index (χ1) is 7.48. The van der Waals surface area contributed by atoms with Crippen LogP contribution in [-0.2, 0) is 9.84 Å². The molecule has 2 rings (SSSR count). The van der Waals surface area contributed by atoms with Gasteiger partial charge in [-0.05, 0) is 25.5 Å². The van der Waals surface area contributed by atoms with Crippen molar-refractivity contribution in [3.8, 4) is 0 Å². The van der Waals surface area contributed by atoms with Gasteiger partial charge in [-0.25, -0.2) is 8.42 Å². The third-order valence-electron chi connectivity index (χ3n) is 2.80. The van der Waals surface area contributed by atoms with Crippen LogP contribution in [0.4, 0.5) is 0 Å². The predicted molar refractivity (Wildman–Crippen MR) is 60.1 cm³/mol. The molecule has 0 amide bonds. The van der Waals surface area contributed by atoms with Crippen molar-refractivity contribution in [2.24, 2.45) is 5.92 Å². The number of aryl methyl sites for hydroxylation is 1. The van der Waals surface area contributed by atoms with Crippen LogP contribution >= 0.6 is 0 Å². The van der Waals surface area contributed by atoms with Gasteiger partial charge < -0.3 is 0 Å². The summed E-state index contributed by atoms with van der Waals surface area (Å²) in [6.07, 6.45) is 1.96. The van der Waals surface area contributed by atoms with E-state index >= 15 is 0 Å². The zero-order valence-corrected chi connectivity index (χ0v) is 9.83. The number of aromatic nitrogens is 1. The van der Waals surface area contributed by atoms with Crippen molar-refractivity contribution in [1.82, 2.24) is 4.98 Å². The highest BCUT2D eigenvalue weighted by Gasteiger charge is 2.33. The number of ketones is 1. The normalized spacial score (nSPS) is 23.2. The minimum atomic E-state index is -3.00. The molecule has 86 valence electrons. The molecule has 0 spiro atoms. The molecule has 0 aliphatic carbocycles. The lowest BCUT2D eigenvalue weighted by Crippen LogP contribution is -2.16. The number of carbonyl (C=O) groups excluding carboxylic acids is 1. The van der Waals surface area contributed by atoms with Crippen molar-refractivity contribution in [3.63, 3.8) is 0 Å². The Morgan fingerprint density at radius 3 is 2.69 bits per heavy atom. The number of sulfone groups is 1. The average Bonchev–Trinajstić information content (AvgIpc) is 2.59. The molecule has 0 radical (unpaired) electrons. The van der Waals surface area contributed by atoms with E-state index in [4.69, 9.17) is 0 Å². The first-order valence-corrected chi connectivity index (χ1v) is 6.97. The Bertz CT molecular complexity index is 505. The molecule has 2 heterocycles. The fraction of sp³-hybridized carbons (Fsp3) is 0.455. The highest BCUT2D eigenvalue weighted by Crippen LogP contribution is 2.22. The molecule has 5 heteroatoms. The maximum absolute atomic E-state index is 11.9. The van der Waals surface area contributed by atoms with E-state index in [0.29, 0.717) is 12.0 Å². The predicted octanol–water partition coefficient (Wildman–Crippen LogP) is 1.01. The zero-order valence-electron chi connectivity index (χ0n) is 9.01. The van der Waals surface area contributed by atoms with Crippen LogP contribution in [0.5, 0.6) is 0 Å². The molecule has 1 saturated heterocycles. The molecular weight excluding hydrogens is 226 g/mol. The number of hydrogen-bond donors (Lipinski definition) is 0. The van der Waals surface area contributed by atoms with Gasteiger partial charge in [0.25, 0.3) is 0 Å². The summed E-state index contributed by atoms with van der Waals surface area (Å²) in [7, 11) is -3.00. The van der Waals surface area contributed by atoms with Gasteiger partial charge in [0.05, 0.1) is 11.5 Å².